The fourth-order valence-electron chi connectivity index (χ4n) is 17.8. The van der Waals surface area contributed by atoms with Crippen molar-refractivity contribution in [3.8, 4) is 0 Å². The van der Waals surface area contributed by atoms with E-state index in [1.165, 1.54) is 197 Å². The predicted octanol–water partition coefficient (Wildman–Crippen LogP) is 26.7. The van der Waals surface area contributed by atoms with Crippen molar-refractivity contribution in [2.24, 2.45) is 0 Å². The van der Waals surface area contributed by atoms with Crippen molar-refractivity contribution < 1.29 is 0 Å². The zero-order valence-corrected chi connectivity index (χ0v) is 79.1. The molecule has 0 fully saturated rings. The first-order valence-electron chi connectivity index (χ1n) is 41.6. The molecule has 4 nitrogen and oxygen atoms in total. The average Bonchev–Trinajstić information content (AvgIpc) is 0.680. The Labute approximate surface area is 740 Å². The lowest BCUT2D eigenvalue weighted by Gasteiger charge is -2.40. The number of aromatic nitrogens is 3. The van der Waals surface area contributed by atoms with Crippen molar-refractivity contribution in [2.45, 2.75) is 200 Å². The van der Waals surface area contributed by atoms with Gasteiger partial charge in [-0.15, -0.1) is 0 Å². The van der Waals surface area contributed by atoms with Gasteiger partial charge in [-0.05, 0) is 240 Å². The van der Waals surface area contributed by atoms with Crippen LogP contribution < -0.4 is 36.0 Å². The Hall–Kier alpha value is -9.58. The van der Waals surface area contributed by atoms with Crippen LogP contribution in [0.25, 0.3) is 0 Å². The second-order valence-corrected chi connectivity index (χ2v) is 48.1. The highest BCUT2D eigenvalue weighted by Gasteiger charge is 2.48. The summed E-state index contributed by atoms with van der Waals surface area (Å²) < 4.78 is 0. The predicted molar refractivity (Wildman–Crippen MR) is 521 cm³/mol. The summed E-state index contributed by atoms with van der Waals surface area (Å²) in [6.45, 7) is 40.5. The van der Waals surface area contributed by atoms with E-state index < -0.39 is 16.1 Å². The molecule has 3 aromatic heterocycles. The zero-order valence-electron chi connectivity index (χ0n) is 72.2. The Morgan fingerprint density at radius 2 is 0.567 bits per heavy atom. The quantitative estimate of drug-likeness (QED) is 0.160. The molecule has 21 rings (SSSR count). The van der Waals surface area contributed by atoms with Gasteiger partial charge in [-0.1, -0.05) is 342 Å². The maximum atomic E-state index is 4.64. The van der Waals surface area contributed by atoms with Gasteiger partial charge < -0.3 is 4.90 Å². The van der Waals surface area contributed by atoms with Crippen molar-refractivity contribution in [1.82, 2.24) is 15.0 Å². The first kappa shape index (κ1) is 84.0. The van der Waals surface area contributed by atoms with Gasteiger partial charge in [0.05, 0.1) is 28.5 Å². The van der Waals surface area contributed by atoms with Crippen LogP contribution in [0.15, 0.2) is 350 Å². The summed E-state index contributed by atoms with van der Waals surface area (Å²) >= 11 is 11.5. The van der Waals surface area contributed by atoms with E-state index in [1.807, 2.05) is 89.2 Å². The van der Waals surface area contributed by atoms with Crippen molar-refractivity contribution in [2.75, 3.05) is 4.90 Å². The molecule has 600 valence electrons. The van der Waals surface area contributed by atoms with Crippen LogP contribution in [0.3, 0.4) is 0 Å². The van der Waals surface area contributed by atoms with Crippen LogP contribution in [0.2, 0.25) is 13.1 Å². The first-order chi connectivity index (χ1) is 57.8. The molecule has 12 heteroatoms. The second-order valence-electron chi connectivity index (χ2n) is 34.0. The highest BCUT2D eigenvalue weighted by molar-refractivity contribution is 8.01. The third-order valence-corrected chi connectivity index (χ3v) is 42.5. The van der Waals surface area contributed by atoms with Crippen LogP contribution in [-0.2, 0) is 17.3 Å². The Balaban J connectivity index is 0.000000108. The SMILES string of the molecule is Cc1cccc2c1Sc1c(C)cccc1N2c1ccccc1.Cc1cccc2c1Sc1c(C)cccc1[Si]2(C)C.Cc1cccc2c1Sc1c(C)cccc1[Si]2(c1ccccc1)c1ccccc1.Cc1cccc2c1Sc1c(C)ccnc1C2.Cc1cccc2c1Sc1c(C)ccnc1C2(C)C.Cc1cccc2c1Sc1c(C)ccnc1C2(C)C. The van der Waals surface area contributed by atoms with E-state index >= 15 is 0 Å². The Morgan fingerprint density at radius 3 is 0.992 bits per heavy atom. The largest absolute Gasteiger partial charge is 0.308 e. The van der Waals surface area contributed by atoms with Crippen molar-refractivity contribution in [3.63, 3.8) is 0 Å². The molecule has 6 aliphatic rings. The lowest BCUT2D eigenvalue weighted by molar-refractivity contribution is 0.579. The molecule has 0 unspecified atom stereocenters. The number of hydrogen-bond acceptors (Lipinski definition) is 10. The minimum atomic E-state index is -2.36. The molecular weight excluding hydrogens is 1600 g/mol. The topological polar surface area (TPSA) is 41.9 Å². The molecular formula is C108H104N4S6Si2. The molecule has 12 aromatic carbocycles. The number of nitrogens with zero attached hydrogens (tertiary/aromatic N) is 4. The fraction of sp³-hybridized carbons (Fsp3) is 0.194. The lowest BCUT2D eigenvalue weighted by atomic mass is 9.79. The van der Waals surface area contributed by atoms with Crippen LogP contribution in [0.5, 0.6) is 0 Å². The van der Waals surface area contributed by atoms with Crippen LogP contribution in [-0.4, -0.2) is 31.1 Å². The molecule has 0 N–H and O–H groups in total. The van der Waals surface area contributed by atoms with Crippen LogP contribution in [0.1, 0.15) is 128 Å². The van der Waals surface area contributed by atoms with E-state index in [4.69, 9.17) is 0 Å². The summed E-state index contributed by atoms with van der Waals surface area (Å²) in [6, 6.07) is 99.4. The highest BCUT2D eigenvalue weighted by Crippen LogP contribution is 2.55. The molecule has 120 heavy (non-hydrogen) atoms. The summed E-state index contributed by atoms with van der Waals surface area (Å²) in [4.78, 5) is 33.0. The smallest absolute Gasteiger partial charge is 0.181 e. The first-order valence-corrected chi connectivity index (χ1v) is 51.5. The fourth-order valence-corrected chi connectivity index (χ4v) is 36.1. The van der Waals surface area contributed by atoms with Gasteiger partial charge in [-0.25, -0.2) is 0 Å². The summed E-state index contributed by atoms with van der Waals surface area (Å²) in [5.74, 6) is 0. The molecule has 9 heterocycles. The van der Waals surface area contributed by atoms with Gasteiger partial charge in [0.1, 0.15) is 8.07 Å². The number of pyridine rings is 3. The minimum Gasteiger partial charge on any atom is -0.308 e. The number of para-hydroxylation sites is 1. The van der Waals surface area contributed by atoms with E-state index in [-0.39, 0.29) is 10.8 Å². The Morgan fingerprint density at radius 1 is 0.267 bits per heavy atom. The van der Waals surface area contributed by atoms with E-state index in [2.05, 4.69) is 417 Å². The molecule has 0 aliphatic carbocycles. The van der Waals surface area contributed by atoms with Gasteiger partial charge in [0, 0.05) is 100 Å². The van der Waals surface area contributed by atoms with E-state index in [1.54, 1.807) is 10.4 Å². The lowest BCUT2D eigenvalue weighted by Crippen LogP contribution is -2.76. The van der Waals surface area contributed by atoms with Gasteiger partial charge in [0.2, 0.25) is 0 Å². The maximum Gasteiger partial charge on any atom is 0.181 e. The normalized spacial score (nSPS) is 14.6. The second kappa shape index (κ2) is 34.7. The summed E-state index contributed by atoms with van der Waals surface area (Å²) in [5, 5.41) is 9.16. The van der Waals surface area contributed by atoms with Crippen molar-refractivity contribution >= 4 is 135 Å². The van der Waals surface area contributed by atoms with Crippen LogP contribution in [0.4, 0.5) is 17.1 Å². The molecule has 0 radical (unpaired) electrons. The van der Waals surface area contributed by atoms with Gasteiger partial charge in [-0.3, -0.25) is 15.0 Å². The zero-order chi connectivity index (χ0) is 84.1. The molecule has 15 aromatic rings. The molecule has 0 saturated heterocycles. The number of rotatable bonds is 3. The number of aryl methyl sites for hydroxylation is 12. The molecule has 0 amide bonds. The number of fused-ring (bicyclic) bond motifs is 12. The molecule has 0 saturated carbocycles. The van der Waals surface area contributed by atoms with E-state index in [0.717, 1.165) is 6.42 Å². The number of anilines is 3. The van der Waals surface area contributed by atoms with Gasteiger partial charge >= 0.3 is 0 Å². The van der Waals surface area contributed by atoms with Crippen molar-refractivity contribution in [1.29, 1.82) is 0 Å². The monoisotopic (exact) mass is 1700 g/mol. The average molecular weight is 1710 g/mol. The molecule has 0 atom stereocenters. The van der Waals surface area contributed by atoms with Gasteiger partial charge in [-0.2, -0.15) is 0 Å². The standard InChI is InChI=1S/C26H22SSi.C20H17NS.2C16H17NS.C16H18SSi.C14H13NS/c1-19-11-9-17-23-25(19)27-26-20(2)12-10-18-24(26)28(23,21-13-5-3-6-14-21)22-15-7-4-8-16-22;1-14-8-6-12-17-19(14)22-20-15(2)9-7-13-18(20)21(17)16-10-4-3-5-11-16;2*1-10-6-5-7-12-13(10)18-14-11(2)8-9-17-15(14)16(12,3)4;1-11-7-5-9-13-15(11)17-16-12(2)8-6-10-14(16)18(13,3)4;1-9-4-3-5-11-8-12-14(16-13(9)11)10(2)6-7-15-12/h3-18H,1-2H3;3-13H,1-2H3;2*5-9H,1-4H3;5-10H,1-4H3;3-7H,8H2,1-2H3. The third kappa shape index (κ3) is 15.7. The third-order valence-electron chi connectivity index (χ3n) is 24.5. The Kier molecular flexibility index (Phi) is 24.3. The summed E-state index contributed by atoms with van der Waals surface area (Å²) in [5.41, 5.74) is 27.9. The van der Waals surface area contributed by atoms with Gasteiger partial charge in [0.15, 0.2) is 8.07 Å². The van der Waals surface area contributed by atoms with Crippen LogP contribution in [0, 0.1) is 83.1 Å². The van der Waals surface area contributed by atoms with E-state index in [9.17, 15) is 0 Å². The van der Waals surface area contributed by atoms with Gasteiger partial charge in [0.25, 0.3) is 0 Å². The molecule has 0 bridgehead atoms. The Bertz CT molecular complexity index is 5790. The molecule has 0 spiro atoms. The maximum absolute atomic E-state index is 4.64. The summed E-state index contributed by atoms with van der Waals surface area (Å²) in [7, 11) is -3.88. The minimum absolute atomic E-state index is 0.00600. The highest BCUT2D eigenvalue weighted by atomic mass is 32.2. The molecule has 6 aliphatic heterocycles. The number of hydrogen-bond donors (Lipinski definition) is 0. The van der Waals surface area contributed by atoms with E-state index in [0.29, 0.717) is 0 Å². The number of benzene rings is 12. The van der Waals surface area contributed by atoms with Crippen LogP contribution >= 0.6 is 70.6 Å². The summed E-state index contributed by atoms with van der Waals surface area (Å²) in [6.07, 6.45) is 6.74. The van der Waals surface area contributed by atoms with Crippen molar-refractivity contribution in [3.05, 3.63) is 392 Å².